The van der Waals surface area contributed by atoms with E-state index in [1.54, 1.807) is 13.1 Å². The van der Waals surface area contributed by atoms with E-state index in [1.807, 2.05) is 13.8 Å². The van der Waals surface area contributed by atoms with Crippen molar-refractivity contribution in [3.63, 3.8) is 0 Å². The van der Waals surface area contributed by atoms with Gasteiger partial charge in [-0.2, -0.15) is 5.10 Å². The predicted molar refractivity (Wildman–Crippen MR) is 73.5 cm³/mol. The number of anilines is 1. The van der Waals surface area contributed by atoms with Gasteiger partial charge in [-0.05, 0) is 5.92 Å². The molecule has 1 aromatic heterocycles. The maximum atomic E-state index is 12.0. The van der Waals surface area contributed by atoms with Gasteiger partial charge in [0.05, 0.1) is 18.0 Å². The van der Waals surface area contributed by atoms with E-state index in [9.17, 15) is 4.79 Å². The highest BCUT2D eigenvalue weighted by Crippen LogP contribution is 2.18. The van der Waals surface area contributed by atoms with Gasteiger partial charge < -0.3 is 15.8 Å². The standard InChI is InChI=1S/C11H18N4O2S/c1-6(2)9(10(12)18)11(16)13-7-5-8(17-4)15(3)14-7/h5-6,9H,1-4H3,(H2,12,18)(H,13,14,16). The molecular weight excluding hydrogens is 252 g/mol. The minimum absolute atomic E-state index is 0.0353. The number of rotatable bonds is 5. The molecule has 0 spiro atoms. The maximum absolute atomic E-state index is 12.0. The Kier molecular flexibility index (Phi) is 4.66. The molecule has 0 saturated heterocycles. The van der Waals surface area contributed by atoms with Gasteiger partial charge in [0.2, 0.25) is 11.8 Å². The molecular formula is C11H18N4O2S. The molecule has 1 aromatic rings. The van der Waals surface area contributed by atoms with Gasteiger partial charge in [-0.1, -0.05) is 26.1 Å². The van der Waals surface area contributed by atoms with Crippen LogP contribution >= 0.6 is 12.2 Å². The number of hydrogen-bond acceptors (Lipinski definition) is 4. The third kappa shape index (κ3) is 3.19. The van der Waals surface area contributed by atoms with Gasteiger partial charge in [0.15, 0.2) is 5.82 Å². The van der Waals surface area contributed by atoms with Gasteiger partial charge in [0, 0.05) is 13.1 Å². The second-order valence-corrected chi connectivity index (χ2v) is 4.78. The van der Waals surface area contributed by atoms with Crippen molar-refractivity contribution in [1.82, 2.24) is 9.78 Å². The van der Waals surface area contributed by atoms with Crippen molar-refractivity contribution in [1.29, 1.82) is 0 Å². The van der Waals surface area contributed by atoms with Crippen LogP contribution in [0.1, 0.15) is 13.8 Å². The van der Waals surface area contributed by atoms with Crippen molar-refractivity contribution in [3.05, 3.63) is 6.07 Å². The Morgan fingerprint density at radius 2 is 2.22 bits per heavy atom. The summed E-state index contributed by atoms with van der Waals surface area (Å²) in [7, 11) is 3.26. The van der Waals surface area contributed by atoms with Gasteiger partial charge in [-0.15, -0.1) is 0 Å². The highest BCUT2D eigenvalue weighted by Gasteiger charge is 2.25. The Bertz CT molecular complexity index is 456. The Balaban J connectivity index is 2.82. The molecule has 0 aromatic carbocycles. The molecule has 1 amide bonds. The molecule has 7 heteroatoms. The number of hydrogen-bond donors (Lipinski definition) is 2. The van der Waals surface area contributed by atoms with Crippen LogP contribution in [0.3, 0.4) is 0 Å². The second kappa shape index (κ2) is 5.81. The first-order chi connectivity index (χ1) is 8.36. The molecule has 18 heavy (non-hydrogen) atoms. The van der Waals surface area contributed by atoms with E-state index in [0.717, 1.165) is 0 Å². The van der Waals surface area contributed by atoms with Crippen LogP contribution in [0, 0.1) is 11.8 Å². The number of carbonyl (C=O) groups is 1. The minimum Gasteiger partial charge on any atom is -0.481 e. The van der Waals surface area contributed by atoms with Crippen LogP contribution in [0.15, 0.2) is 6.07 Å². The monoisotopic (exact) mass is 270 g/mol. The lowest BCUT2D eigenvalue weighted by Crippen LogP contribution is -2.36. The summed E-state index contributed by atoms with van der Waals surface area (Å²) in [5.41, 5.74) is 5.57. The summed E-state index contributed by atoms with van der Waals surface area (Å²) in [4.78, 5) is 12.2. The first-order valence-corrected chi connectivity index (χ1v) is 5.95. The first kappa shape index (κ1) is 14.4. The number of thiocarbonyl (C=S) groups is 1. The molecule has 1 heterocycles. The molecule has 0 aliphatic heterocycles. The number of ether oxygens (including phenoxy) is 1. The lowest BCUT2D eigenvalue weighted by molar-refractivity contribution is -0.118. The molecule has 0 saturated carbocycles. The number of nitrogens with two attached hydrogens (primary N) is 1. The molecule has 0 aliphatic carbocycles. The summed E-state index contributed by atoms with van der Waals surface area (Å²) in [6, 6.07) is 1.63. The largest absolute Gasteiger partial charge is 0.481 e. The zero-order chi connectivity index (χ0) is 13.9. The number of nitrogens with one attached hydrogen (secondary N) is 1. The summed E-state index contributed by atoms with van der Waals surface area (Å²) in [5.74, 6) is 0.252. The highest BCUT2D eigenvalue weighted by molar-refractivity contribution is 7.80. The van der Waals surface area contributed by atoms with Gasteiger partial charge in [0.25, 0.3) is 0 Å². The summed E-state index contributed by atoms with van der Waals surface area (Å²) >= 11 is 4.91. The lowest BCUT2D eigenvalue weighted by atomic mass is 9.95. The smallest absolute Gasteiger partial charge is 0.235 e. The van der Waals surface area contributed by atoms with Crippen LogP contribution in [0.4, 0.5) is 5.82 Å². The summed E-state index contributed by atoms with van der Waals surface area (Å²) in [5, 5.41) is 6.78. The van der Waals surface area contributed by atoms with Crippen molar-refractivity contribution in [2.24, 2.45) is 24.6 Å². The second-order valence-electron chi connectivity index (χ2n) is 4.31. The van der Waals surface area contributed by atoms with Crippen LogP contribution < -0.4 is 15.8 Å². The SMILES string of the molecule is COc1cc(NC(=O)C(C(N)=S)C(C)C)nn1C. The van der Waals surface area contributed by atoms with Crippen molar-refractivity contribution in [2.45, 2.75) is 13.8 Å². The minimum atomic E-state index is -0.506. The molecule has 1 rings (SSSR count). The topological polar surface area (TPSA) is 82.2 Å². The van der Waals surface area contributed by atoms with E-state index < -0.39 is 5.92 Å². The van der Waals surface area contributed by atoms with Crippen LogP contribution in [0.25, 0.3) is 0 Å². The quantitative estimate of drug-likeness (QED) is 0.778. The van der Waals surface area contributed by atoms with Crippen molar-refractivity contribution in [3.8, 4) is 5.88 Å². The van der Waals surface area contributed by atoms with Gasteiger partial charge >= 0.3 is 0 Å². The number of methoxy groups -OCH3 is 1. The Labute approximate surface area is 111 Å². The average Bonchev–Trinajstić information content (AvgIpc) is 2.57. The number of amides is 1. The van der Waals surface area contributed by atoms with Gasteiger partial charge in [-0.3, -0.25) is 4.79 Å². The third-order valence-electron chi connectivity index (χ3n) is 2.55. The van der Waals surface area contributed by atoms with Crippen LogP contribution in [-0.2, 0) is 11.8 Å². The fourth-order valence-electron chi connectivity index (χ4n) is 1.67. The van der Waals surface area contributed by atoms with E-state index >= 15 is 0 Å². The molecule has 6 nitrogen and oxygen atoms in total. The Hall–Kier alpha value is -1.63. The van der Waals surface area contributed by atoms with E-state index in [4.69, 9.17) is 22.7 Å². The van der Waals surface area contributed by atoms with Crippen LogP contribution in [-0.4, -0.2) is 27.8 Å². The third-order valence-corrected chi connectivity index (χ3v) is 2.81. The zero-order valence-corrected chi connectivity index (χ0v) is 11.7. The van der Waals surface area contributed by atoms with Gasteiger partial charge in [-0.25, -0.2) is 4.68 Å². The maximum Gasteiger partial charge on any atom is 0.235 e. The fraction of sp³-hybridized carbons (Fsp3) is 0.545. The number of aryl methyl sites for hydroxylation is 1. The van der Waals surface area contributed by atoms with Crippen LogP contribution in [0.2, 0.25) is 0 Å². The Morgan fingerprint density at radius 3 is 2.61 bits per heavy atom. The summed E-state index contributed by atoms with van der Waals surface area (Å²) in [6.07, 6.45) is 0. The highest BCUT2D eigenvalue weighted by atomic mass is 32.1. The molecule has 0 aliphatic rings. The molecule has 1 atom stereocenters. The number of aromatic nitrogens is 2. The van der Waals surface area contributed by atoms with E-state index in [2.05, 4.69) is 10.4 Å². The number of nitrogens with zero attached hydrogens (tertiary/aromatic N) is 2. The Morgan fingerprint density at radius 1 is 1.61 bits per heavy atom. The molecule has 0 bridgehead atoms. The van der Waals surface area contributed by atoms with Crippen LogP contribution in [0.5, 0.6) is 5.88 Å². The predicted octanol–water partition coefficient (Wildman–Crippen LogP) is 0.925. The van der Waals surface area contributed by atoms with Crippen molar-refractivity contribution >= 4 is 28.9 Å². The fourth-order valence-corrected chi connectivity index (χ4v) is 2.05. The van der Waals surface area contributed by atoms with Crippen molar-refractivity contribution < 1.29 is 9.53 Å². The summed E-state index contributed by atoms with van der Waals surface area (Å²) < 4.78 is 6.59. The molecule has 100 valence electrons. The van der Waals surface area contributed by atoms with Crippen molar-refractivity contribution in [2.75, 3.05) is 12.4 Å². The lowest BCUT2D eigenvalue weighted by Gasteiger charge is -2.17. The van der Waals surface area contributed by atoms with E-state index in [0.29, 0.717) is 11.7 Å². The normalized spacial score (nSPS) is 12.3. The van der Waals surface area contributed by atoms with E-state index in [1.165, 1.54) is 11.8 Å². The van der Waals surface area contributed by atoms with Gasteiger partial charge in [0.1, 0.15) is 0 Å². The molecule has 0 radical (unpaired) electrons. The molecule has 3 N–H and O–H groups in total. The average molecular weight is 270 g/mol. The molecule has 1 unspecified atom stereocenters. The number of carbonyl (C=O) groups excluding carboxylic acids is 1. The molecule has 0 fully saturated rings. The zero-order valence-electron chi connectivity index (χ0n) is 10.9. The first-order valence-electron chi connectivity index (χ1n) is 5.55. The summed E-state index contributed by atoms with van der Waals surface area (Å²) in [6.45, 7) is 3.78. The van der Waals surface area contributed by atoms with E-state index in [-0.39, 0.29) is 16.8 Å².